The van der Waals surface area contributed by atoms with Gasteiger partial charge in [0.25, 0.3) is 0 Å². The van der Waals surface area contributed by atoms with Crippen molar-refractivity contribution in [3.63, 3.8) is 0 Å². The number of fused-ring (bicyclic) bond motifs is 3. The van der Waals surface area contributed by atoms with Gasteiger partial charge in [-0.1, -0.05) is 0 Å². The van der Waals surface area contributed by atoms with E-state index in [4.69, 9.17) is 14.5 Å². The summed E-state index contributed by atoms with van der Waals surface area (Å²) in [6, 6.07) is 9.96. The molecule has 0 amide bonds. The molecule has 6 heteroatoms. The van der Waals surface area contributed by atoms with Gasteiger partial charge in [0.05, 0.1) is 29.5 Å². The molecule has 3 heterocycles. The lowest BCUT2D eigenvalue weighted by molar-refractivity contribution is 0.146. The van der Waals surface area contributed by atoms with E-state index in [1.165, 1.54) is 0 Å². The van der Waals surface area contributed by atoms with Crippen LogP contribution in [0.2, 0.25) is 0 Å². The smallest absolute Gasteiger partial charge is 0.154 e. The molecule has 122 valence electrons. The van der Waals surface area contributed by atoms with E-state index in [0.29, 0.717) is 13.2 Å². The van der Waals surface area contributed by atoms with Gasteiger partial charge in [-0.15, -0.1) is 0 Å². The van der Waals surface area contributed by atoms with Crippen molar-refractivity contribution in [3.05, 3.63) is 48.5 Å². The average Bonchev–Trinajstić information content (AvgIpc) is 3.20. The molecule has 4 aromatic rings. The van der Waals surface area contributed by atoms with Gasteiger partial charge < -0.3 is 14.5 Å². The van der Waals surface area contributed by atoms with E-state index in [2.05, 4.69) is 14.4 Å². The number of H-pyrrole nitrogens is 1. The maximum absolute atomic E-state index is 5.61. The Kier molecular flexibility index (Phi) is 3.66. The average molecular weight is 322 g/mol. The Bertz CT molecular complexity index is 986. The van der Waals surface area contributed by atoms with Crippen LogP contribution in [0.4, 0.5) is 0 Å². The van der Waals surface area contributed by atoms with Gasteiger partial charge in [0.15, 0.2) is 5.65 Å². The second-order valence-electron chi connectivity index (χ2n) is 5.56. The van der Waals surface area contributed by atoms with Gasteiger partial charge in [0, 0.05) is 18.9 Å². The number of ether oxygens (including phenoxy) is 2. The molecule has 0 unspecified atom stereocenters. The van der Waals surface area contributed by atoms with Crippen LogP contribution in [0.5, 0.6) is 5.75 Å². The number of benzene rings is 1. The number of nitrogens with zero attached hydrogens (tertiary/aromatic N) is 3. The molecule has 0 atom stereocenters. The Hall–Kier alpha value is -2.86. The zero-order chi connectivity index (χ0) is 16.5. The molecule has 0 spiro atoms. The summed E-state index contributed by atoms with van der Waals surface area (Å²) in [7, 11) is 1.66. The first-order chi connectivity index (χ1) is 11.8. The Labute approximate surface area is 139 Å². The molecule has 0 fully saturated rings. The summed E-state index contributed by atoms with van der Waals surface area (Å²) in [5.41, 5.74) is 4.84. The van der Waals surface area contributed by atoms with Crippen LogP contribution < -0.4 is 4.74 Å². The lowest BCUT2D eigenvalue weighted by Gasteiger charge is -2.06. The van der Waals surface area contributed by atoms with Crippen LogP contribution in [0, 0.1) is 6.92 Å². The largest absolute Gasteiger partial charge is 0.491 e. The normalized spacial score (nSPS) is 11.4. The summed E-state index contributed by atoms with van der Waals surface area (Å²) >= 11 is 0. The Morgan fingerprint density at radius 2 is 1.92 bits per heavy atom. The molecular weight excluding hydrogens is 304 g/mol. The summed E-state index contributed by atoms with van der Waals surface area (Å²) in [6.07, 6.45) is 3.75. The van der Waals surface area contributed by atoms with Gasteiger partial charge in [-0.05, 0) is 37.3 Å². The molecular formula is C18H18N4O2. The van der Waals surface area contributed by atoms with Crippen molar-refractivity contribution in [1.29, 1.82) is 0 Å². The highest BCUT2D eigenvalue weighted by Crippen LogP contribution is 2.28. The fourth-order valence-electron chi connectivity index (χ4n) is 2.90. The minimum absolute atomic E-state index is 0.539. The molecule has 6 nitrogen and oxygen atoms in total. The summed E-state index contributed by atoms with van der Waals surface area (Å²) in [5.74, 6) is 1.76. The molecule has 24 heavy (non-hydrogen) atoms. The zero-order valence-corrected chi connectivity index (χ0v) is 13.6. The third kappa shape index (κ3) is 2.41. The Morgan fingerprint density at radius 3 is 2.71 bits per heavy atom. The Balaban J connectivity index is 1.74. The van der Waals surface area contributed by atoms with Gasteiger partial charge >= 0.3 is 0 Å². The van der Waals surface area contributed by atoms with Crippen molar-refractivity contribution in [2.24, 2.45) is 0 Å². The summed E-state index contributed by atoms with van der Waals surface area (Å²) < 4.78 is 12.7. The first kappa shape index (κ1) is 14.7. The van der Waals surface area contributed by atoms with Crippen molar-refractivity contribution in [1.82, 2.24) is 19.4 Å². The lowest BCUT2D eigenvalue weighted by atomic mass is 10.1. The lowest BCUT2D eigenvalue weighted by Crippen LogP contribution is -2.03. The number of imidazole rings is 1. The quantitative estimate of drug-likeness (QED) is 0.573. The van der Waals surface area contributed by atoms with Crippen LogP contribution in [0.25, 0.3) is 27.9 Å². The molecule has 0 aliphatic heterocycles. The Morgan fingerprint density at radius 1 is 1.08 bits per heavy atom. The van der Waals surface area contributed by atoms with E-state index >= 15 is 0 Å². The molecule has 0 bridgehead atoms. The van der Waals surface area contributed by atoms with Crippen LogP contribution >= 0.6 is 0 Å². The first-order valence-corrected chi connectivity index (χ1v) is 7.81. The van der Waals surface area contributed by atoms with Crippen LogP contribution in [0.15, 0.2) is 42.7 Å². The second kappa shape index (κ2) is 5.98. The van der Waals surface area contributed by atoms with Crippen molar-refractivity contribution >= 4 is 16.7 Å². The fraction of sp³-hybridized carbons (Fsp3) is 0.222. The topological polar surface area (TPSA) is 64.4 Å². The number of nitrogens with one attached hydrogen (secondary N) is 1. The van der Waals surface area contributed by atoms with Crippen LogP contribution in [-0.4, -0.2) is 39.7 Å². The highest BCUT2D eigenvalue weighted by molar-refractivity contribution is 5.84. The molecule has 0 saturated carbocycles. The van der Waals surface area contributed by atoms with Gasteiger partial charge in [-0.25, -0.2) is 9.97 Å². The van der Waals surface area contributed by atoms with E-state index in [-0.39, 0.29) is 0 Å². The van der Waals surface area contributed by atoms with Gasteiger partial charge in [0.2, 0.25) is 0 Å². The van der Waals surface area contributed by atoms with Crippen molar-refractivity contribution in [2.45, 2.75) is 6.92 Å². The third-order valence-corrected chi connectivity index (χ3v) is 4.03. The van der Waals surface area contributed by atoms with Crippen LogP contribution in [0.3, 0.4) is 0 Å². The van der Waals surface area contributed by atoms with Gasteiger partial charge in [0.1, 0.15) is 18.2 Å². The standard InChI is InChI=1S/C18H18N4O2/c1-12-21-17(13-3-5-14(6-4-13)24-10-9-23-2)16-11-20-18-15(22(12)16)7-8-19-18/h3-8,11,19H,9-10H2,1-2H3. The number of aromatic nitrogens is 4. The van der Waals surface area contributed by atoms with E-state index in [0.717, 1.165) is 39.5 Å². The third-order valence-electron chi connectivity index (χ3n) is 4.03. The summed E-state index contributed by atoms with van der Waals surface area (Å²) in [6.45, 7) is 3.12. The van der Waals surface area contributed by atoms with E-state index in [1.54, 1.807) is 7.11 Å². The molecule has 4 rings (SSSR count). The van der Waals surface area contributed by atoms with Gasteiger partial charge in [-0.2, -0.15) is 0 Å². The predicted molar refractivity (Wildman–Crippen MR) is 92.4 cm³/mol. The molecule has 1 aromatic carbocycles. The number of aromatic amines is 1. The van der Waals surface area contributed by atoms with E-state index in [1.807, 2.05) is 49.6 Å². The van der Waals surface area contributed by atoms with Crippen molar-refractivity contribution in [2.75, 3.05) is 20.3 Å². The van der Waals surface area contributed by atoms with Gasteiger partial charge in [-0.3, -0.25) is 4.40 Å². The van der Waals surface area contributed by atoms with Crippen molar-refractivity contribution in [3.8, 4) is 17.0 Å². The highest BCUT2D eigenvalue weighted by atomic mass is 16.5. The summed E-state index contributed by atoms with van der Waals surface area (Å²) in [5, 5.41) is 0. The van der Waals surface area contributed by atoms with Crippen LogP contribution in [-0.2, 0) is 4.74 Å². The van der Waals surface area contributed by atoms with E-state index < -0.39 is 0 Å². The monoisotopic (exact) mass is 322 g/mol. The molecule has 0 aliphatic carbocycles. The SMILES string of the molecule is COCCOc1ccc(-c2nc(C)n3c2cnc2[nH]ccc23)cc1. The zero-order valence-electron chi connectivity index (χ0n) is 13.6. The molecule has 0 radical (unpaired) electrons. The highest BCUT2D eigenvalue weighted by Gasteiger charge is 2.13. The minimum Gasteiger partial charge on any atom is -0.491 e. The number of hydrogen-bond acceptors (Lipinski definition) is 4. The fourth-order valence-corrected chi connectivity index (χ4v) is 2.90. The molecule has 1 N–H and O–H groups in total. The first-order valence-electron chi connectivity index (χ1n) is 7.81. The minimum atomic E-state index is 0.539. The van der Waals surface area contributed by atoms with Crippen molar-refractivity contribution < 1.29 is 9.47 Å². The maximum atomic E-state index is 5.61. The molecule has 0 aliphatic rings. The predicted octanol–water partition coefficient (Wildman–Crippen LogP) is 3.21. The molecule has 0 saturated heterocycles. The van der Waals surface area contributed by atoms with E-state index in [9.17, 15) is 0 Å². The summed E-state index contributed by atoms with van der Waals surface area (Å²) in [4.78, 5) is 12.4. The second-order valence-corrected chi connectivity index (χ2v) is 5.56. The molecule has 3 aromatic heterocycles. The number of methoxy groups -OCH3 is 1. The number of aryl methyl sites for hydroxylation is 1. The number of rotatable bonds is 5. The number of hydrogen-bond donors (Lipinski definition) is 1. The maximum Gasteiger partial charge on any atom is 0.154 e. The van der Waals surface area contributed by atoms with Crippen LogP contribution in [0.1, 0.15) is 5.82 Å².